The second-order valence-corrected chi connectivity index (χ2v) is 5.74. The number of hydrogen-bond acceptors (Lipinski definition) is 4. The topological polar surface area (TPSA) is 47.6 Å². The summed E-state index contributed by atoms with van der Waals surface area (Å²) in [5.41, 5.74) is 2.52. The van der Waals surface area contributed by atoms with Gasteiger partial charge in [0.05, 0.1) is 7.11 Å². The number of rotatable bonds is 4. The molecule has 2 aromatic rings. The molecule has 3 rings (SSSR count). The summed E-state index contributed by atoms with van der Waals surface area (Å²) in [6.07, 6.45) is -0.000365. The predicted molar refractivity (Wildman–Crippen MR) is 88.4 cm³/mol. The van der Waals surface area contributed by atoms with Crippen molar-refractivity contribution in [1.82, 2.24) is 5.32 Å². The Balaban J connectivity index is 1.81. The van der Waals surface area contributed by atoms with Crippen molar-refractivity contribution in [2.75, 3.05) is 13.7 Å². The van der Waals surface area contributed by atoms with Crippen LogP contribution in [0.5, 0.6) is 0 Å². The lowest BCUT2D eigenvalue weighted by atomic mass is 9.84. The minimum atomic E-state index is -0.617. The Morgan fingerprint density at radius 3 is 2.13 bits per heavy atom. The zero-order valence-electron chi connectivity index (χ0n) is 13.1. The Hall–Kier alpha value is -2.33. The summed E-state index contributed by atoms with van der Waals surface area (Å²) < 4.78 is 9.88. The molecule has 0 aromatic heterocycles. The highest BCUT2D eigenvalue weighted by Crippen LogP contribution is 2.32. The first-order valence-corrected chi connectivity index (χ1v) is 7.86. The van der Waals surface area contributed by atoms with Gasteiger partial charge in [-0.3, -0.25) is 0 Å². The molecule has 1 heterocycles. The SMILES string of the molecule is COC(=O)O[C@H]1CN[C@H](C(c2ccccc2)c2ccccc2)C1. The van der Waals surface area contributed by atoms with Crippen molar-refractivity contribution in [2.45, 2.75) is 24.5 Å². The first-order chi connectivity index (χ1) is 11.3. The predicted octanol–water partition coefficient (Wildman–Crippen LogP) is 3.33. The number of nitrogens with one attached hydrogen (secondary N) is 1. The molecule has 0 aliphatic carbocycles. The number of carbonyl (C=O) groups is 1. The Bertz CT molecular complexity index is 590. The Labute approximate surface area is 136 Å². The van der Waals surface area contributed by atoms with Crippen LogP contribution < -0.4 is 5.32 Å². The van der Waals surface area contributed by atoms with Gasteiger partial charge in [-0.2, -0.15) is 0 Å². The third-order valence-corrected chi connectivity index (χ3v) is 4.27. The van der Waals surface area contributed by atoms with E-state index in [0.29, 0.717) is 6.54 Å². The molecule has 0 amide bonds. The van der Waals surface area contributed by atoms with Crippen molar-refractivity contribution < 1.29 is 14.3 Å². The van der Waals surface area contributed by atoms with Crippen molar-refractivity contribution in [3.05, 3.63) is 71.8 Å². The first-order valence-electron chi connectivity index (χ1n) is 7.86. The third kappa shape index (κ3) is 3.71. The molecule has 1 fully saturated rings. The van der Waals surface area contributed by atoms with E-state index in [0.717, 1.165) is 6.42 Å². The minimum absolute atomic E-state index is 0.151. The van der Waals surface area contributed by atoms with Crippen molar-refractivity contribution >= 4 is 6.16 Å². The lowest BCUT2D eigenvalue weighted by Crippen LogP contribution is -2.29. The molecule has 0 unspecified atom stereocenters. The monoisotopic (exact) mass is 311 g/mol. The van der Waals surface area contributed by atoms with Gasteiger partial charge in [0, 0.05) is 24.9 Å². The Morgan fingerprint density at radius 1 is 1.04 bits per heavy atom. The second-order valence-electron chi connectivity index (χ2n) is 5.74. The van der Waals surface area contributed by atoms with Crippen LogP contribution in [0.3, 0.4) is 0 Å². The summed E-state index contributed by atoms with van der Waals surface area (Å²) in [6, 6.07) is 21.1. The highest BCUT2D eigenvalue weighted by Gasteiger charge is 2.34. The standard InChI is InChI=1S/C19H21NO3/c1-22-19(21)23-16-12-17(20-13-16)18(14-8-4-2-5-9-14)15-10-6-3-7-11-15/h2-11,16-18,20H,12-13H2,1H3/t16-,17+/m1/s1. The molecule has 1 saturated heterocycles. The summed E-state index contributed by atoms with van der Waals surface area (Å²) >= 11 is 0. The molecule has 0 bridgehead atoms. The van der Waals surface area contributed by atoms with Crippen LogP contribution in [0.2, 0.25) is 0 Å². The summed E-state index contributed by atoms with van der Waals surface area (Å²) in [7, 11) is 1.33. The molecule has 120 valence electrons. The van der Waals surface area contributed by atoms with Crippen molar-refractivity contribution in [3.8, 4) is 0 Å². The van der Waals surface area contributed by atoms with Crippen LogP contribution in [0, 0.1) is 0 Å². The lowest BCUT2D eigenvalue weighted by molar-refractivity contribution is 0.0430. The molecule has 1 aliphatic heterocycles. The fraction of sp³-hybridized carbons (Fsp3) is 0.316. The maximum Gasteiger partial charge on any atom is 0.508 e. The summed E-state index contributed by atoms with van der Waals surface area (Å²) in [6.45, 7) is 0.649. The van der Waals surface area contributed by atoms with Crippen LogP contribution >= 0.6 is 0 Å². The maximum atomic E-state index is 11.3. The average molecular weight is 311 g/mol. The van der Waals surface area contributed by atoms with Crippen LogP contribution in [-0.2, 0) is 9.47 Å². The first kappa shape index (κ1) is 15.6. The molecule has 1 aliphatic rings. The lowest BCUT2D eigenvalue weighted by Gasteiger charge is -2.25. The Morgan fingerprint density at radius 2 is 1.61 bits per heavy atom. The van der Waals surface area contributed by atoms with E-state index in [2.05, 4.69) is 58.6 Å². The van der Waals surface area contributed by atoms with Gasteiger partial charge in [0.15, 0.2) is 0 Å². The normalized spacial score (nSPS) is 20.4. The Kier molecular flexibility index (Phi) is 4.93. The van der Waals surface area contributed by atoms with E-state index in [1.54, 1.807) is 0 Å². The molecule has 4 nitrogen and oxygen atoms in total. The van der Waals surface area contributed by atoms with Crippen LogP contribution in [0.4, 0.5) is 4.79 Å². The maximum absolute atomic E-state index is 11.3. The zero-order valence-corrected chi connectivity index (χ0v) is 13.1. The summed E-state index contributed by atoms with van der Waals surface area (Å²) in [4.78, 5) is 11.3. The molecule has 4 heteroatoms. The van der Waals surface area contributed by atoms with Crippen molar-refractivity contribution in [2.24, 2.45) is 0 Å². The van der Waals surface area contributed by atoms with Gasteiger partial charge < -0.3 is 14.8 Å². The summed E-state index contributed by atoms with van der Waals surface area (Å²) in [5.74, 6) is 0.226. The molecular formula is C19H21NO3. The van der Waals surface area contributed by atoms with E-state index in [4.69, 9.17) is 4.74 Å². The van der Waals surface area contributed by atoms with Gasteiger partial charge in [0.25, 0.3) is 0 Å². The van der Waals surface area contributed by atoms with Crippen LogP contribution in [0.15, 0.2) is 60.7 Å². The molecule has 23 heavy (non-hydrogen) atoms. The summed E-state index contributed by atoms with van der Waals surface area (Å²) in [5, 5.41) is 3.50. The number of hydrogen-bond donors (Lipinski definition) is 1. The highest BCUT2D eigenvalue weighted by atomic mass is 16.7. The van der Waals surface area contributed by atoms with Crippen LogP contribution in [-0.4, -0.2) is 32.0 Å². The molecule has 2 atom stereocenters. The average Bonchev–Trinajstić information content (AvgIpc) is 3.05. The van der Waals surface area contributed by atoms with Gasteiger partial charge in [-0.15, -0.1) is 0 Å². The second kappa shape index (κ2) is 7.29. The third-order valence-electron chi connectivity index (χ3n) is 4.27. The molecule has 0 spiro atoms. The van der Waals surface area contributed by atoms with E-state index >= 15 is 0 Å². The molecular weight excluding hydrogens is 290 g/mol. The van der Waals surface area contributed by atoms with Gasteiger partial charge in [0.2, 0.25) is 0 Å². The van der Waals surface area contributed by atoms with Gasteiger partial charge in [-0.05, 0) is 11.1 Å². The number of methoxy groups -OCH3 is 1. The van der Waals surface area contributed by atoms with E-state index in [9.17, 15) is 4.79 Å². The van der Waals surface area contributed by atoms with E-state index < -0.39 is 6.16 Å². The molecule has 0 radical (unpaired) electrons. The van der Waals surface area contributed by atoms with Gasteiger partial charge in [-0.25, -0.2) is 4.79 Å². The van der Waals surface area contributed by atoms with Crippen molar-refractivity contribution in [3.63, 3.8) is 0 Å². The van der Waals surface area contributed by atoms with E-state index in [-0.39, 0.29) is 18.1 Å². The fourth-order valence-electron chi connectivity index (χ4n) is 3.24. The number of ether oxygens (including phenoxy) is 2. The van der Waals surface area contributed by atoms with Gasteiger partial charge in [0.1, 0.15) is 6.10 Å². The fourth-order valence-corrected chi connectivity index (χ4v) is 3.24. The van der Waals surface area contributed by atoms with Crippen LogP contribution in [0.1, 0.15) is 23.5 Å². The number of benzene rings is 2. The molecule has 1 N–H and O–H groups in total. The van der Waals surface area contributed by atoms with Crippen molar-refractivity contribution in [1.29, 1.82) is 0 Å². The highest BCUT2D eigenvalue weighted by molar-refractivity contribution is 5.59. The van der Waals surface area contributed by atoms with Gasteiger partial charge in [-0.1, -0.05) is 60.7 Å². The smallest absolute Gasteiger partial charge is 0.438 e. The molecule has 2 aromatic carbocycles. The zero-order chi connectivity index (χ0) is 16.1. The van der Waals surface area contributed by atoms with E-state index in [1.807, 2.05) is 12.1 Å². The van der Waals surface area contributed by atoms with E-state index in [1.165, 1.54) is 18.2 Å². The van der Waals surface area contributed by atoms with Gasteiger partial charge >= 0.3 is 6.16 Å². The van der Waals surface area contributed by atoms with Crippen LogP contribution in [0.25, 0.3) is 0 Å². The largest absolute Gasteiger partial charge is 0.508 e. The number of carbonyl (C=O) groups excluding carboxylic acids is 1. The molecule has 0 saturated carbocycles. The minimum Gasteiger partial charge on any atom is -0.438 e. The quantitative estimate of drug-likeness (QED) is 0.880.